The summed E-state index contributed by atoms with van der Waals surface area (Å²) >= 11 is 0. The molecule has 0 aliphatic rings. The molecule has 0 amide bonds. The Kier molecular flexibility index (Phi) is 3.60. The average molecular weight is 279 g/mol. The van der Waals surface area contributed by atoms with Crippen LogP contribution in [0.4, 0.5) is 20.3 Å². The van der Waals surface area contributed by atoms with Crippen LogP contribution < -0.4 is 5.32 Å². The molecule has 0 spiro atoms. The third-order valence-electron chi connectivity index (χ3n) is 2.85. The van der Waals surface area contributed by atoms with Crippen LogP contribution in [-0.4, -0.2) is 17.0 Å². The molecule has 1 aromatic heterocycles. The van der Waals surface area contributed by atoms with Gasteiger partial charge in [-0.1, -0.05) is 6.07 Å². The van der Waals surface area contributed by atoms with Gasteiger partial charge in [0.05, 0.1) is 10.5 Å². The number of benzene rings is 1. The second kappa shape index (κ2) is 5.20. The molecular formula is C13H11F2N3O2. The zero-order valence-corrected chi connectivity index (χ0v) is 10.8. The quantitative estimate of drug-likeness (QED) is 0.691. The molecule has 0 radical (unpaired) electrons. The molecule has 1 aromatic carbocycles. The maximum absolute atomic E-state index is 14.1. The number of aryl methyl sites for hydroxylation is 1. The summed E-state index contributed by atoms with van der Waals surface area (Å²) in [6, 6.07) is 4.86. The maximum Gasteiger partial charge on any atom is 0.295 e. The normalized spacial score (nSPS) is 10.4. The van der Waals surface area contributed by atoms with E-state index in [1.165, 1.54) is 19.1 Å². The van der Waals surface area contributed by atoms with E-state index in [1.807, 2.05) is 0 Å². The SMILES string of the molecule is CNc1ccc([N+](=O)[O-])c(-c2c(F)ccc(C)c2F)n1. The van der Waals surface area contributed by atoms with Crippen molar-refractivity contribution in [1.82, 2.24) is 4.98 Å². The Balaban J connectivity index is 2.80. The zero-order valence-electron chi connectivity index (χ0n) is 10.8. The van der Waals surface area contributed by atoms with E-state index in [9.17, 15) is 18.9 Å². The van der Waals surface area contributed by atoms with Crippen molar-refractivity contribution in [2.45, 2.75) is 6.92 Å². The van der Waals surface area contributed by atoms with Gasteiger partial charge >= 0.3 is 0 Å². The first-order valence-electron chi connectivity index (χ1n) is 5.74. The minimum atomic E-state index is -0.892. The van der Waals surface area contributed by atoms with E-state index in [0.717, 1.165) is 12.1 Å². The van der Waals surface area contributed by atoms with Crippen LogP contribution in [0.2, 0.25) is 0 Å². The summed E-state index contributed by atoms with van der Waals surface area (Å²) in [6.07, 6.45) is 0. The molecule has 0 fully saturated rings. The largest absolute Gasteiger partial charge is 0.373 e. The van der Waals surface area contributed by atoms with E-state index in [-0.39, 0.29) is 17.1 Å². The molecule has 7 heteroatoms. The second-order valence-electron chi connectivity index (χ2n) is 4.12. The minimum Gasteiger partial charge on any atom is -0.373 e. The first-order chi connectivity index (χ1) is 9.45. The monoisotopic (exact) mass is 279 g/mol. The Bertz CT molecular complexity index is 690. The van der Waals surface area contributed by atoms with Gasteiger partial charge in [0.15, 0.2) is 5.69 Å². The van der Waals surface area contributed by atoms with Gasteiger partial charge in [0.25, 0.3) is 5.69 Å². The molecule has 0 saturated carbocycles. The van der Waals surface area contributed by atoms with Gasteiger partial charge in [-0.2, -0.15) is 0 Å². The molecule has 0 unspecified atom stereocenters. The highest BCUT2D eigenvalue weighted by atomic mass is 19.1. The fourth-order valence-corrected chi connectivity index (χ4v) is 1.80. The van der Waals surface area contributed by atoms with E-state index in [0.29, 0.717) is 0 Å². The topological polar surface area (TPSA) is 68.1 Å². The van der Waals surface area contributed by atoms with Crippen molar-refractivity contribution in [3.63, 3.8) is 0 Å². The number of anilines is 1. The Morgan fingerprint density at radius 3 is 2.55 bits per heavy atom. The van der Waals surface area contributed by atoms with Gasteiger partial charge in [-0.15, -0.1) is 0 Å². The summed E-state index contributed by atoms with van der Waals surface area (Å²) in [5.74, 6) is -1.46. The summed E-state index contributed by atoms with van der Waals surface area (Å²) in [7, 11) is 1.56. The van der Waals surface area contributed by atoms with Crippen LogP contribution in [-0.2, 0) is 0 Å². The average Bonchev–Trinajstić information content (AvgIpc) is 2.43. The number of nitrogens with one attached hydrogen (secondary N) is 1. The van der Waals surface area contributed by atoms with Gasteiger partial charge in [0.2, 0.25) is 0 Å². The number of rotatable bonds is 3. The van der Waals surface area contributed by atoms with Crippen LogP contribution in [0, 0.1) is 28.7 Å². The van der Waals surface area contributed by atoms with Gasteiger partial charge in [-0.25, -0.2) is 13.8 Å². The van der Waals surface area contributed by atoms with Crippen molar-refractivity contribution < 1.29 is 13.7 Å². The van der Waals surface area contributed by atoms with Crippen LogP contribution in [0.25, 0.3) is 11.3 Å². The summed E-state index contributed by atoms with van der Waals surface area (Å²) < 4.78 is 28.0. The summed E-state index contributed by atoms with van der Waals surface area (Å²) in [6.45, 7) is 1.45. The molecule has 2 aromatic rings. The fraction of sp³-hybridized carbons (Fsp3) is 0.154. The third kappa shape index (κ3) is 2.29. The molecule has 1 N–H and O–H groups in total. The molecular weight excluding hydrogens is 268 g/mol. The van der Waals surface area contributed by atoms with E-state index < -0.39 is 27.8 Å². The lowest BCUT2D eigenvalue weighted by Gasteiger charge is -2.09. The molecule has 0 atom stereocenters. The number of halogens is 2. The van der Waals surface area contributed by atoms with Gasteiger partial charge in [0, 0.05) is 13.1 Å². The zero-order chi connectivity index (χ0) is 14.9. The fourth-order valence-electron chi connectivity index (χ4n) is 1.80. The minimum absolute atomic E-state index is 0.187. The predicted octanol–water partition coefficient (Wildman–Crippen LogP) is 3.29. The summed E-state index contributed by atoms with van der Waals surface area (Å²) in [5, 5.41) is 13.7. The van der Waals surface area contributed by atoms with Crippen LogP contribution in [0.3, 0.4) is 0 Å². The standard InChI is InChI=1S/C13H11F2N3O2/c1-7-3-4-8(14)11(12(7)15)13-9(18(19)20)5-6-10(16-2)17-13/h3-6H,1-2H3,(H,16,17). The van der Waals surface area contributed by atoms with Crippen LogP contribution >= 0.6 is 0 Å². The van der Waals surface area contributed by atoms with Crippen molar-refractivity contribution in [3.8, 4) is 11.3 Å². The Morgan fingerprint density at radius 1 is 1.25 bits per heavy atom. The molecule has 104 valence electrons. The van der Waals surface area contributed by atoms with Crippen molar-refractivity contribution in [3.05, 3.63) is 51.6 Å². The van der Waals surface area contributed by atoms with Crippen LogP contribution in [0.15, 0.2) is 24.3 Å². The molecule has 2 rings (SSSR count). The van der Waals surface area contributed by atoms with E-state index >= 15 is 0 Å². The van der Waals surface area contributed by atoms with Gasteiger partial charge < -0.3 is 5.32 Å². The molecule has 1 heterocycles. The number of nitro groups is 1. The number of pyridine rings is 1. The highest BCUT2D eigenvalue weighted by molar-refractivity contribution is 5.73. The van der Waals surface area contributed by atoms with Crippen LogP contribution in [0.5, 0.6) is 0 Å². The lowest BCUT2D eigenvalue weighted by Crippen LogP contribution is -2.02. The number of hydrogen-bond acceptors (Lipinski definition) is 4. The number of nitrogens with zero attached hydrogens (tertiary/aromatic N) is 2. The van der Waals surface area contributed by atoms with Crippen molar-refractivity contribution in [1.29, 1.82) is 0 Å². The molecule has 20 heavy (non-hydrogen) atoms. The Labute approximate surface area is 113 Å². The molecule has 0 bridgehead atoms. The lowest BCUT2D eigenvalue weighted by molar-refractivity contribution is -0.384. The van der Waals surface area contributed by atoms with E-state index in [4.69, 9.17) is 0 Å². The smallest absolute Gasteiger partial charge is 0.295 e. The lowest BCUT2D eigenvalue weighted by atomic mass is 10.0. The van der Waals surface area contributed by atoms with E-state index in [2.05, 4.69) is 10.3 Å². The van der Waals surface area contributed by atoms with Gasteiger partial charge in [-0.3, -0.25) is 10.1 Å². The molecule has 0 aliphatic carbocycles. The molecule has 0 aliphatic heterocycles. The van der Waals surface area contributed by atoms with E-state index in [1.54, 1.807) is 7.05 Å². The number of hydrogen-bond donors (Lipinski definition) is 1. The number of aromatic nitrogens is 1. The highest BCUT2D eigenvalue weighted by Crippen LogP contribution is 2.34. The Hall–Kier alpha value is -2.57. The third-order valence-corrected chi connectivity index (χ3v) is 2.85. The first-order valence-corrected chi connectivity index (χ1v) is 5.74. The molecule has 5 nitrogen and oxygen atoms in total. The Morgan fingerprint density at radius 2 is 1.95 bits per heavy atom. The van der Waals surface area contributed by atoms with Crippen molar-refractivity contribution >= 4 is 11.5 Å². The first kappa shape index (κ1) is 13.9. The van der Waals surface area contributed by atoms with Gasteiger partial charge in [-0.05, 0) is 24.6 Å². The van der Waals surface area contributed by atoms with Crippen LogP contribution in [0.1, 0.15) is 5.56 Å². The van der Waals surface area contributed by atoms with Gasteiger partial charge in [0.1, 0.15) is 17.5 Å². The van der Waals surface area contributed by atoms with Crippen molar-refractivity contribution in [2.24, 2.45) is 0 Å². The second-order valence-corrected chi connectivity index (χ2v) is 4.12. The maximum atomic E-state index is 14.1. The molecule has 0 saturated heterocycles. The highest BCUT2D eigenvalue weighted by Gasteiger charge is 2.24. The predicted molar refractivity (Wildman–Crippen MR) is 70.5 cm³/mol. The summed E-state index contributed by atoms with van der Waals surface area (Å²) in [4.78, 5) is 14.2. The summed E-state index contributed by atoms with van der Waals surface area (Å²) in [5.41, 5.74) is -1.09. The van der Waals surface area contributed by atoms with Crippen molar-refractivity contribution in [2.75, 3.05) is 12.4 Å².